The molecule has 0 aliphatic heterocycles. The minimum atomic E-state index is -3.61. The smallest absolute Gasteiger partial charge is 0.243 e. The number of H-pyrrole nitrogens is 1. The Bertz CT molecular complexity index is 517. The fourth-order valence-electron chi connectivity index (χ4n) is 1.06. The number of nitrogens with zero attached hydrogens (tertiary/aromatic N) is 1. The fourth-order valence-corrected chi connectivity index (χ4v) is 2.41. The van der Waals surface area contributed by atoms with Gasteiger partial charge in [0.05, 0.1) is 17.7 Å². The molecule has 1 rings (SSSR count). The van der Waals surface area contributed by atoms with Crippen molar-refractivity contribution in [3.05, 3.63) is 11.9 Å². The normalized spacial score (nSPS) is 12.6. The van der Waals surface area contributed by atoms with Crippen molar-refractivity contribution in [2.45, 2.75) is 25.7 Å². The number of aromatic amines is 1. The van der Waals surface area contributed by atoms with E-state index in [1.165, 1.54) is 6.20 Å². The van der Waals surface area contributed by atoms with E-state index in [1.54, 1.807) is 20.8 Å². The zero-order chi connectivity index (χ0) is 13.3. The lowest BCUT2D eigenvalue weighted by Gasteiger charge is -2.22. The molecule has 0 bridgehead atoms. The van der Waals surface area contributed by atoms with Crippen LogP contribution in [0.5, 0.6) is 0 Å². The number of sulfonamides is 1. The summed E-state index contributed by atoms with van der Waals surface area (Å²) in [4.78, 5) is 0.108. The number of nitrogens with two attached hydrogens (primary N) is 1. The van der Waals surface area contributed by atoms with Crippen molar-refractivity contribution in [3.63, 3.8) is 0 Å². The van der Waals surface area contributed by atoms with Gasteiger partial charge in [0.2, 0.25) is 10.0 Å². The minimum absolute atomic E-state index is 0.0648. The maximum Gasteiger partial charge on any atom is 0.243 e. The molecule has 0 aliphatic rings. The molecule has 1 aromatic heterocycles. The Balaban J connectivity index is 2.83. The number of nitrogens with one attached hydrogen (secondary N) is 3. The average Bonchev–Trinajstić information content (AvgIpc) is 2.62. The van der Waals surface area contributed by atoms with Crippen LogP contribution in [0.1, 0.15) is 19.5 Å². The molecule has 96 valence electrons. The number of hydrogen-bond donors (Lipinski definition) is 4. The summed E-state index contributed by atoms with van der Waals surface area (Å²) in [5.41, 5.74) is 5.13. The van der Waals surface area contributed by atoms with Gasteiger partial charge in [-0.2, -0.15) is 5.10 Å². The topological polar surface area (TPSA) is 125 Å². The molecular formula is C9H17N5O2S. The number of hydrogen-bond acceptors (Lipinski definition) is 4. The van der Waals surface area contributed by atoms with Gasteiger partial charge in [-0.25, -0.2) is 13.1 Å². The molecule has 0 saturated heterocycles. The molecule has 0 aromatic carbocycles. The average molecular weight is 259 g/mol. The molecule has 1 heterocycles. The summed E-state index contributed by atoms with van der Waals surface area (Å²) >= 11 is 0. The zero-order valence-electron chi connectivity index (χ0n) is 10.0. The summed E-state index contributed by atoms with van der Waals surface area (Å²) in [5, 5.41) is 13.6. The van der Waals surface area contributed by atoms with E-state index in [0.717, 1.165) is 0 Å². The van der Waals surface area contributed by atoms with E-state index < -0.39 is 15.4 Å². The summed E-state index contributed by atoms with van der Waals surface area (Å²) in [6.45, 7) is 5.08. The van der Waals surface area contributed by atoms with E-state index in [9.17, 15) is 8.42 Å². The third kappa shape index (κ3) is 3.04. The van der Waals surface area contributed by atoms with E-state index >= 15 is 0 Å². The van der Waals surface area contributed by atoms with Crippen LogP contribution in [0, 0.1) is 17.7 Å². The first-order valence-corrected chi connectivity index (χ1v) is 6.49. The van der Waals surface area contributed by atoms with Crippen LogP contribution in [0.3, 0.4) is 0 Å². The quantitative estimate of drug-likeness (QED) is 0.437. The Hall–Kier alpha value is -1.41. The predicted molar refractivity (Wildman–Crippen MR) is 64.2 cm³/mol. The summed E-state index contributed by atoms with van der Waals surface area (Å²) in [7, 11) is -3.61. The highest BCUT2D eigenvalue weighted by atomic mass is 32.2. The molecule has 0 saturated carbocycles. The van der Waals surface area contributed by atoms with Gasteiger partial charge in [-0.1, -0.05) is 13.8 Å². The standard InChI is InChI=1S/C9H17N5O2S/c1-6-7(4-12-14-6)17(15,16)13-5-9(2,3)8(10)11/h4,13H,5H2,1-3H3,(H3,10,11)(H,12,14). The van der Waals surface area contributed by atoms with Gasteiger partial charge in [0.1, 0.15) is 4.90 Å². The van der Waals surface area contributed by atoms with Gasteiger partial charge in [0.15, 0.2) is 0 Å². The third-order valence-corrected chi connectivity index (χ3v) is 4.02. The van der Waals surface area contributed by atoms with E-state index in [0.29, 0.717) is 5.69 Å². The van der Waals surface area contributed by atoms with Crippen molar-refractivity contribution < 1.29 is 8.42 Å². The second-order valence-electron chi connectivity index (χ2n) is 4.48. The van der Waals surface area contributed by atoms with Crippen LogP contribution in [0.2, 0.25) is 0 Å². The second-order valence-corrected chi connectivity index (χ2v) is 6.22. The van der Waals surface area contributed by atoms with Crippen molar-refractivity contribution in [2.24, 2.45) is 11.1 Å². The van der Waals surface area contributed by atoms with Crippen LogP contribution in [0.4, 0.5) is 0 Å². The van der Waals surface area contributed by atoms with Crippen LogP contribution in [0.25, 0.3) is 0 Å². The highest BCUT2D eigenvalue weighted by molar-refractivity contribution is 7.89. The summed E-state index contributed by atoms with van der Waals surface area (Å²) in [5.74, 6) is -0.0656. The van der Waals surface area contributed by atoms with E-state index in [1.807, 2.05) is 0 Å². The molecule has 17 heavy (non-hydrogen) atoms. The molecule has 1 aromatic rings. The van der Waals surface area contributed by atoms with Gasteiger partial charge in [-0.3, -0.25) is 10.5 Å². The Morgan fingerprint density at radius 2 is 2.24 bits per heavy atom. The van der Waals surface area contributed by atoms with Crippen molar-refractivity contribution in [2.75, 3.05) is 6.54 Å². The Morgan fingerprint density at radius 3 is 2.65 bits per heavy atom. The number of amidine groups is 1. The molecule has 0 unspecified atom stereocenters. The molecule has 0 aliphatic carbocycles. The molecule has 0 fully saturated rings. The molecule has 5 N–H and O–H groups in total. The van der Waals surface area contributed by atoms with Gasteiger partial charge in [-0.15, -0.1) is 0 Å². The maximum atomic E-state index is 11.9. The van der Waals surface area contributed by atoms with Gasteiger partial charge in [0.25, 0.3) is 0 Å². The summed E-state index contributed by atoms with van der Waals surface area (Å²) in [6.07, 6.45) is 1.25. The molecule has 0 radical (unpaired) electrons. The Kier molecular flexibility index (Phi) is 3.58. The second kappa shape index (κ2) is 4.46. The Morgan fingerprint density at radius 1 is 1.65 bits per heavy atom. The lowest BCUT2D eigenvalue weighted by atomic mass is 9.93. The van der Waals surface area contributed by atoms with Gasteiger partial charge in [0, 0.05) is 12.0 Å². The molecule has 0 amide bonds. The van der Waals surface area contributed by atoms with Crippen LogP contribution in [-0.2, 0) is 10.0 Å². The fraction of sp³-hybridized carbons (Fsp3) is 0.556. The van der Waals surface area contributed by atoms with Gasteiger partial charge in [-0.05, 0) is 6.92 Å². The van der Waals surface area contributed by atoms with Crippen molar-refractivity contribution in [1.82, 2.24) is 14.9 Å². The summed E-state index contributed by atoms with van der Waals surface area (Å²) < 4.78 is 26.2. The van der Waals surface area contributed by atoms with Crippen LogP contribution in [0.15, 0.2) is 11.1 Å². The summed E-state index contributed by atoms with van der Waals surface area (Å²) in [6, 6.07) is 0. The van der Waals surface area contributed by atoms with Crippen LogP contribution < -0.4 is 10.5 Å². The van der Waals surface area contributed by atoms with Crippen LogP contribution >= 0.6 is 0 Å². The van der Waals surface area contributed by atoms with Crippen molar-refractivity contribution >= 4 is 15.9 Å². The molecular weight excluding hydrogens is 242 g/mol. The van der Waals surface area contributed by atoms with Gasteiger partial charge >= 0.3 is 0 Å². The van der Waals surface area contributed by atoms with Crippen molar-refractivity contribution in [1.29, 1.82) is 5.41 Å². The highest BCUT2D eigenvalue weighted by Crippen LogP contribution is 2.16. The zero-order valence-corrected chi connectivity index (χ0v) is 10.9. The third-order valence-electron chi connectivity index (χ3n) is 2.51. The Labute approximate surface area is 100 Å². The largest absolute Gasteiger partial charge is 0.387 e. The lowest BCUT2D eigenvalue weighted by molar-refractivity contribution is 0.493. The van der Waals surface area contributed by atoms with Crippen LogP contribution in [-0.4, -0.2) is 31.0 Å². The predicted octanol–water partition coefficient (Wildman–Crippen LogP) is -0.0414. The minimum Gasteiger partial charge on any atom is -0.387 e. The molecule has 0 atom stereocenters. The SMILES string of the molecule is Cc1[nH]ncc1S(=O)(=O)NCC(C)(C)C(=N)N. The highest BCUT2D eigenvalue weighted by Gasteiger charge is 2.26. The maximum absolute atomic E-state index is 11.9. The number of aromatic nitrogens is 2. The van der Waals surface area contributed by atoms with Gasteiger partial charge < -0.3 is 5.73 Å². The monoisotopic (exact) mass is 259 g/mol. The number of rotatable bonds is 5. The van der Waals surface area contributed by atoms with E-state index in [2.05, 4.69) is 14.9 Å². The first-order valence-electron chi connectivity index (χ1n) is 5.01. The first kappa shape index (κ1) is 13.7. The molecule has 0 spiro atoms. The van der Waals surface area contributed by atoms with E-state index in [4.69, 9.17) is 11.1 Å². The lowest BCUT2D eigenvalue weighted by Crippen LogP contribution is -2.42. The first-order chi connectivity index (χ1) is 7.67. The number of aryl methyl sites for hydroxylation is 1. The molecule has 8 heteroatoms. The van der Waals surface area contributed by atoms with Crippen molar-refractivity contribution in [3.8, 4) is 0 Å². The molecule has 7 nitrogen and oxygen atoms in total. The van der Waals surface area contributed by atoms with E-state index in [-0.39, 0.29) is 17.3 Å².